The molecule has 300 valence electrons. The maximum Gasteiger partial charge on any atom is 0.0558 e. The van der Waals surface area contributed by atoms with Gasteiger partial charge >= 0.3 is 0 Å². The molecule has 2 unspecified atom stereocenters. The molecule has 0 spiro atoms. The molecule has 0 saturated carbocycles. The van der Waals surface area contributed by atoms with Crippen molar-refractivity contribution in [3.63, 3.8) is 0 Å². The van der Waals surface area contributed by atoms with E-state index in [4.69, 9.17) is 0 Å². The van der Waals surface area contributed by atoms with E-state index in [9.17, 15) is 20.4 Å². The Balaban J connectivity index is 2.86. The van der Waals surface area contributed by atoms with Gasteiger partial charge in [-0.2, -0.15) is 0 Å². The first-order chi connectivity index (χ1) is 24.3. The van der Waals surface area contributed by atoms with Gasteiger partial charge in [0.1, 0.15) is 0 Å². The van der Waals surface area contributed by atoms with Crippen LogP contribution in [0.3, 0.4) is 0 Å². The molecule has 1 fully saturated rings. The van der Waals surface area contributed by atoms with Crippen LogP contribution in [0.1, 0.15) is 156 Å². The molecule has 1 saturated heterocycles. The highest BCUT2D eigenvalue weighted by atomic mass is 16.3. The zero-order chi connectivity index (χ0) is 36.8. The predicted octanol–water partition coefficient (Wildman–Crippen LogP) is 7.03. The highest BCUT2D eigenvalue weighted by Crippen LogP contribution is 2.28. The monoisotopic (exact) mass is 713 g/mol. The van der Waals surface area contributed by atoms with Gasteiger partial charge in [-0.25, -0.2) is 0 Å². The van der Waals surface area contributed by atoms with E-state index >= 15 is 0 Å². The summed E-state index contributed by atoms with van der Waals surface area (Å²) in [5.41, 5.74) is -0.253. The molecule has 4 N–H and O–H groups in total. The van der Waals surface area contributed by atoms with Gasteiger partial charge in [-0.1, -0.05) is 143 Å². The zero-order valence-corrected chi connectivity index (χ0v) is 34.0. The summed E-state index contributed by atoms with van der Waals surface area (Å²) in [5.74, 6) is 0. The minimum absolute atomic E-state index is 0.127. The normalized spacial score (nSPS) is 19.2. The van der Waals surface area contributed by atoms with Crippen LogP contribution in [-0.4, -0.2) is 145 Å². The van der Waals surface area contributed by atoms with Gasteiger partial charge < -0.3 is 30.2 Å². The zero-order valence-electron chi connectivity index (χ0n) is 34.0. The lowest BCUT2D eigenvalue weighted by atomic mass is 9.84. The number of β-amino-alcohol motifs (C(OH)–C–C–N with tert-alkyl or cyclic N) is 2. The number of aliphatic hydroxyl groups excluding tert-OH is 4. The summed E-state index contributed by atoms with van der Waals surface area (Å²) < 4.78 is 0. The Hall–Kier alpha value is -0.320. The van der Waals surface area contributed by atoms with Crippen LogP contribution in [0.25, 0.3) is 0 Å². The molecule has 1 heterocycles. The summed E-state index contributed by atoms with van der Waals surface area (Å²) in [6.45, 7) is 20.1. The van der Waals surface area contributed by atoms with Crippen molar-refractivity contribution in [1.29, 1.82) is 0 Å². The van der Waals surface area contributed by atoms with Gasteiger partial charge in [-0.05, 0) is 12.8 Å². The van der Waals surface area contributed by atoms with Gasteiger partial charge in [0.2, 0.25) is 0 Å². The van der Waals surface area contributed by atoms with Crippen molar-refractivity contribution in [2.75, 3.05) is 105 Å². The standard InChI is InChI=1S/C42H88N4O4/c1-5-7-9-11-13-15-17-19-21-23-41(3,39-49)37-45-29-27-43(33-35-47)25-26-44(34-36-48)28-30-46(32-31-45)38-42(4,40-50)24-22-20-18-16-14-12-10-8-6-2/h47-50H,5-40H2,1-4H3. The van der Waals surface area contributed by atoms with Gasteiger partial charge in [0.05, 0.1) is 13.2 Å². The maximum atomic E-state index is 10.7. The second-order valence-electron chi connectivity index (χ2n) is 16.8. The largest absolute Gasteiger partial charge is 0.396 e. The molecule has 2 atom stereocenters. The first kappa shape index (κ1) is 47.7. The second-order valence-corrected chi connectivity index (χ2v) is 16.8. The van der Waals surface area contributed by atoms with Crippen LogP contribution in [0.15, 0.2) is 0 Å². The molecular weight excluding hydrogens is 624 g/mol. The fourth-order valence-corrected chi connectivity index (χ4v) is 7.85. The number of hydrogen-bond acceptors (Lipinski definition) is 8. The Morgan fingerprint density at radius 3 is 0.900 bits per heavy atom. The summed E-state index contributed by atoms with van der Waals surface area (Å²) in [5, 5.41) is 40.9. The molecule has 8 heteroatoms. The third-order valence-electron chi connectivity index (χ3n) is 11.5. The molecule has 0 aromatic rings. The quantitative estimate of drug-likeness (QED) is 0.0591. The lowest BCUT2D eigenvalue weighted by Crippen LogP contribution is -2.50. The summed E-state index contributed by atoms with van der Waals surface area (Å²) in [4.78, 5) is 9.87. The van der Waals surface area contributed by atoms with Crippen molar-refractivity contribution < 1.29 is 20.4 Å². The summed E-state index contributed by atoms with van der Waals surface area (Å²) in [6.07, 6.45) is 25.8. The maximum absolute atomic E-state index is 10.7. The number of rotatable bonds is 30. The van der Waals surface area contributed by atoms with Crippen LogP contribution in [0.5, 0.6) is 0 Å². The van der Waals surface area contributed by atoms with Crippen molar-refractivity contribution in [2.24, 2.45) is 10.8 Å². The van der Waals surface area contributed by atoms with Crippen LogP contribution in [0.2, 0.25) is 0 Å². The van der Waals surface area contributed by atoms with Gasteiger partial charge in [-0.3, -0.25) is 9.80 Å². The van der Waals surface area contributed by atoms with E-state index in [1.165, 1.54) is 116 Å². The lowest BCUT2D eigenvalue weighted by molar-refractivity contribution is 0.0420. The third kappa shape index (κ3) is 24.1. The Morgan fingerprint density at radius 1 is 0.380 bits per heavy atom. The SMILES string of the molecule is CCCCCCCCCCCC(C)(CO)CN1CCN(CCO)CCN(CCO)CCN(CC(C)(CO)CCCCCCCCCCC)CC1. The summed E-state index contributed by atoms with van der Waals surface area (Å²) in [7, 11) is 0. The lowest BCUT2D eigenvalue weighted by Gasteiger charge is -2.40. The summed E-state index contributed by atoms with van der Waals surface area (Å²) >= 11 is 0. The smallest absolute Gasteiger partial charge is 0.0558 e. The van der Waals surface area contributed by atoms with Crippen molar-refractivity contribution in [2.45, 2.75) is 156 Å². The van der Waals surface area contributed by atoms with Crippen molar-refractivity contribution in [3.8, 4) is 0 Å². The molecule has 1 rings (SSSR count). The fourth-order valence-electron chi connectivity index (χ4n) is 7.85. The van der Waals surface area contributed by atoms with Crippen molar-refractivity contribution in [3.05, 3.63) is 0 Å². The number of unbranched alkanes of at least 4 members (excludes halogenated alkanes) is 16. The number of aliphatic hydroxyl groups is 4. The molecule has 0 radical (unpaired) electrons. The van der Waals surface area contributed by atoms with Gasteiger partial charge in [0.15, 0.2) is 0 Å². The minimum Gasteiger partial charge on any atom is -0.396 e. The summed E-state index contributed by atoms with van der Waals surface area (Å²) in [6, 6.07) is 0. The van der Waals surface area contributed by atoms with Crippen LogP contribution in [-0.2, 0) is 0 Å². The Bertz CT molecular complexity index is 689. The average molecular weight is 713 g/mol. The Morgan fingerprint density at radius 2 is 0.640 bits per heavy atom. The number of hydrogen-bond donors (Lipinski definition) is 4. The van der Waals surface area contributed by atoms with E-state index in [-0.39, 0.29) is 37.3 Å². The van der Waals surface area contributed by atoms with E-state index in [0.717, 1.165) is 78.3 Å². The Labute approximate surface area is 311 Å². The van der Waals surface area contributed by atoms with Crippen LogP contribution in [0.4, 0.5) is 0 Å². The van der Waals surface area contributed by atoms with E-state index in [1.54, 1.807) is 0 Å². The van der Waals surface area contributed by atoms with Crippen LogP contribution in [0, 0.1) is 10.8 Å². The molecule has 8 nitrogen and oxygen atoms in total. The van der Waals surface area contributed by atoms with E-state index < -0.39 is 0 Å². The Kier molecular flexibility index (Phi) is 29.6. The topological polar surface area (TPSA) is 93.9 Å². The molecule has 0 aromatic carbocycles. The average Bonchev–Trinajstić information content (AvgIpc) is 3.11. The predicted molar refractivity (Wildman–Crippen MR) is 214 cm³/mol. The highest BCUT2D eigenvalue weighted by Gasteiger charge is 2.29. The molecule has 1 aliphatic rings. The number of nitrogens with zero attached hydrogens (tertiary/aromatic N) is 4. The highest BCUT2D eigenvalue weighted by molar-refractivity contribution is 4.83. The van der Waals surface area contributed by atoms with Gasteiger partial charge in [-0.15, -0.1) is 0 Å². The molecule has 1 aliphatic heterocycles. The van der Waals surface area contributed by atoms with E-state index in [2.05, 4.69) is 47.3 Å². The molecule has 0 amide bonds. The minimum atomic E-state index is -0.127. The first-order valence-corrected chi connectivity index (χ1v) is 21.6. The molecular formula is C42H88N4O4. The molecule has 0 aliphatic carbocycles. The van der Waals surface area contributed by atoms with E-state index in [0.29, 0.717) is 13.1 Å². The van der Waals surface area contributed by atoms with E-state index in [1.807, 2.05) is 0 Å². The third-order valence-corrected chi connectivity index (χ3v) is 11.5. The van der Waals surface area contributed by atoms with Gasteiger partial charge in [0.25, 0.3) is 0 Å². The first-order valence-electron chi connectivity index (χ1n) is 21.6. The van der Waals surface area contributed by atoms with Gasteiger partial charge in [0, 0.05) is 103 Å². The van der Waals surface area contributed by atoms with Crippen LogP contribution >= 0.6 is 0 Å². The molecule has 0 bridgehead atoms. The van der Waals surface area contributed by atoms with Crippen molar-refractivity contribution in [1.82, 2.24) is 19.6 Å². The molecule has 50 heavy (non-hydrogen) atoms. The van der Waals surface area contributed by atoms with Crippen molar-refractivity contribution >= 4 is 0 Å². The van der Waals surface area contributed by atoms with Crippen LogP contribution < -0.4 is 0 Å². The fraction of sp³-hybridized carbons (Fsp3) is 1.00. The second kappa shape index (κ2) is 31.1. The molecule has 0 aromatic heterocycles.